The summed E-state index contributed by atoms with van der Waals surface area (Å²) in [6.07, 6.45) is 14.3. The van der Waals surface area contributed by atoms with Gasteiger partial charge in [-0.1, -0.05) is 188 Å². The number of ether oxygens (including phenoxy) is 11. The molecule has 1 N–H and O–H groups in total. The lowest BCUT2D eigenvalue weighted by Crippen LogP contribution is -2.65. The van der Waals surface area contributed by atoms with E-state index in [9.17, 15) is 49.2 Å². The maximum Gasteiger partial charge on any atom is 0.342 e. The van der Waals surface area contributed by atoms with E-state index in [1.54, 1.807) is 158 Å². The Balaban J connectivity index is 0.000000223. The van der Waals surface area contributed by atoms with E-state index in [1.807, 2.05) is 168 Å². The third-order valence-electron chi connectivity index (χ3n) is 26.3. The number of nitrogens with one attached hydrogen (secondary N) is 1. The summed E-state index contributed by atoms with van der Waals surface area (Å²) >= 11 is 0. The average Bonchev–Trinajstić information content (AvgIpc) is 0.813. The SMILES string of the molecule is CCC(C[N+](C)(C)N=C([O-])c1ccccc1OC)OC(=O)C(C)(C)C.CCC(C[N+]1(N=C([O-])c2ccccc2OC)CCCCC1)OC(=O)C(C)(C)C.CCC(C[N+]1(N=C([O-])c2ccccc2OC)CCCCC1)OC(=O)c1ccccc1.CCC(C[N+]1(N=C([O-])c2ccccc2OC)CCCCC1)OC(=O)c1ccccc1OC.CCC(C[N+]1(NC(=O)c2ccccc2OC)CCCCC1)OC(=O)c1ccccc1C. The zero-order chi connectivity index (χ0) is 107. The molecule has 146 heavy (non-hydrogen) atoms. The fraction of sp³-hybridized carbons (Fsp3) is 0.496. The van der Waals surface area contributed by atoms with Crippen LogP contribution in [0.1, 0.15) is 255 Å². The molecular weight excluding hydrogens is 1860 g/mol. The van der Waals surface area contributed by atoms with Crippen molar-refractivity contribution in [1.82, 2.24) is 5.43 Å². The van der Waals surface area contributed by atoms with Gasteiger partial charge in [-0.15, -0.1) is 0 Å². The Kier molecular flexibility index (Phi) is 46.9. The number of benzene rings is 8. The van der Waals surface area contributed by atoms with Crippen LogP contribution >= 0.6 is 0 Å². The van der Waals surface area contributed by atoms with Crippen molar-refractivity contribution in [3.05, 3.63) is 250 Å². The second kappa shape index (κ2) is 57.8. The quantitative estimate of drug-likeness (QED) is 0.00933. The molecule has 0 aliphatic carbocycles. The summed E-state index contributed by atoms with van der Waals surface area (Å²) in [6.45, 7) is 31.5. The van der Waals surface area contributed by atoms with Crippen molar-refractivity contribution < 1.29 is 124 Å². The van der Waals surface area contributed by atoms with E-state index in [0.29, 0.717) is 153 Å². The molecule has 4 aliphatic heterocycles. The number of nitrogens with zero attached hydrogens (tertiary/aromatic N) is 9. The van der Waals surface area contributed by atoms with Gasteiger partial charge in [0, 0.05) is 22.3 Å². The second-order valence-electron chi connectivity index (χ2n) is 40.1. The molecule has 0 radical (unpaired) electrons. The standard InChI is InChI=1S/C25H32N2O5.C25H32N2O4.C24H30N2O4.C22H34N2O4.C19H30N2O4/c1-4-19(32-25(29)21-13-7-9-15-23(21)31-3)18-27(16-10-5-11-17-27)26-24(28)20-12-6-8-14-22(20)30-2;1-4-20(31-25(29)21-13-7-6-12-19(21)2)18-27(16-10-5-11-17-27)26-24(28)22-14-8-9-15-23(22)30-3;1-3-20(30-24(28)19-12-6-4-7-13-19)18-26(16-10-5-11-17-26)25-23(27)21-14-8-9-15-22(21)29-2;1-6-17(28-21(26)22(2,3)4)16-24(14-10-7-11-15-24)23-20(25)18-12-8-9-13-19(18)27-5;1-8-14(25-18(23)19(2,3)4)13-21(5,6)20-17(22)15-11-9-10-12-16(15)24-7/h6-9,12-15,19H,4-5,10-11,16-18H2,1-3H3;6-9,12-15,20H,4-5,10-11,16-18H2,1-3H3;4,6-9,12-15,20H,3,5,10-11,16-18H2,1-2H3;8-9,12-13,17H,6-7,10-11,14-16H2,1-5H3;9-12,14H,8,13H2,1-7H3/p+1. The highest BCUT2D eigenvalue weighted by Crippen LogP contribution is 2.34. The Labute approximate surface area is 865 Å². The molecule has 8 aromatic rings. The van der Waals surface area contributed by atoms with Crippen LogP contribution in [-0.4, -0.2) is 255 Å². The number of amides is 1. The van der Waals surface area contributed by atoms with E-state index in [0.717, 1.165) is 135 Å². The van der Waals surface area contributed by atoms with Crippen LogP contribution in [0.5, 0.6) is 34.5 Å². The molecule has 31 nitrogen and oxygen atoms in total. The van der Waals surface area contributed by atoms with Gasteiger partial charge in [-0.2, -0.15) is 23.8 Å². The molecule has 0 bridgehead atoms. The largest absolute Gasteiger partial charge is 0.854 e. The molecule has 4 saturated heterocycles. The van der Waals surface area contributed by atoms with Crippen LogP contribution in [0.4, 0.5) is 0 Å². The summed E-state index contributed by atoms with van der Waals surface area (Å²) in [5.74, 6) is 0.101. The first-order valence-electron chi connectivity index (χ1n) is 51.4. The van der Waals surface area contributed by atoms with Gasteiger partial charge in [0.1, 0.15) is 125 Å². The van der Waals surface area contributed by atoms with Gasteiger partial charge in [-0.3, -0.25) is 14.4 Å². The van der Waals surface area contributed by atoms with Crippen LogP contribution in [0, 0.1) is 17.8 Å². The van der Waals surface area contributed by atoms with Crippen molar-refractivity contribution in [3.8, 4) is 34.5 Å². The van der Waals surface area contributed by atoms with Crippen LogP contribution < -0.4 is 54.3 Å². The van der Waals surface area contributed by atoms with Gasteiger partial charge in [0.25, 0.3) is 5.91 Å². The lowest BCUT2D eigenvalue weighted by Gasteiger charge is -2.42. The number of hydrogen-bond acceptors (Lipinski definition) is 25. The Hall–Kier alpha value is -12.9. The third-order valence-corrected chi connectivity index (χ3v) is 26.3. The van der Waals surface area contributed by atoms with E-state index in [1.165, 1.54) is 14.2 Å². The second-order valence-corrected chi connectivity index (χ2v) is 40.1. The molecule has 8 aromatic carbocycles. The Morgan fingerprint density at radius 2 is 0.589 bits per heavy atom. The van der Waals surface area contributed by atoms with Crippen molar-refractivity contribution in [3.63, 3.8) is 0 Å². The number of carbonyl (C=O) groups is 6. The molecule has 0 saturated carbocycles. The van der Waals surface area contributed by atoms with Crippen LogP contribution in [0.25, 0.3) is 0 Å². The molecule has 4 aliphatic rings. The maximum atomic E-state index is 13.1. The summed E-state index contributed by atoms with van der Waals surface area (Å²) in [5, 5.41) is 69.8. The minimum absolute atomic E-state index is 0.0623. The zero-order valence-electron chi connectivity index (χ0n) is 89.8. The molecule has 31 heteroatoms. The number of rotatable bonds is 39. The Morgan fingerprint density at radius 1 is 0.322 bits per heavy atom. The highest BCUT2D eigenvalue weighted by molar-refractivity contribution is 5.97. The fourth-order valence-electron chi connectivity index (χ4n) is 18.0. The zero-order valence-corrected chi connectivity index (χ0v) is 89.8. The Morgan fingerprint density at radius 3 is 0.932 bits per heavy atom. The molecule has 5 atom stereocenters. The number of piperidine rings is 4. The predicted molar refractivity (Wildman–Crippen MR) is 559 cm³/mol. The molecule has 0 spiro atoms. The van der Waals surface area contributed by atoms with Gasteiger partial charge < -0.3 is 72.5 Å². The molecule has 4 heterocycles. The van der Waals surface area contributed by atoms with Gasteiger partial charge in [0.2, 0.25) is 0 Å². The smallest absolute Gasteiger partial charge is 0.342 e. The number of para-hydroxylation sites is 6. The first kappa shape index (κ1) is 118. The van der Waals surface area contributed by atoms with Gasteiger partial charge in [-0.05, 0) is 230 Å². The number of hydrogen-bond donors (Lipinski definition) is 1. The van der Waals surface area contributed by atoms with Crippen LogP contribution in [0.2, 0.25) is 0 Å². The lowest BCUT2D eigenvalue weighted by atomic mass is 9.97. The van der Waals surface area contributed by atoms with Gasteiger partial charge in [0.05, 0.1) is 108 Å². The number of likely N-dealkylation sites (N-methyl/N-ethyl adjacent to an activating group) is 1. The summed E-state index contributed by atoms with van der Waals surface area (Å²) < 4.78 is 62.1. The van der Waals surface area contributed by atoms with E-state index in [-0.39, 0.29) is 97.7 Å². The summed E-state index contributed by atoms with van der Waals surface area (Å²) in [6, 6.07) is 59.1. The van der Waals surface area contributed by atoms with Crippen LogP contribution in [-0.2, 0) is 33.3 Å². The lowest BCUT2D eigenvalue weighted by molar-refractivity contribution is -0.967. The van der Waals surface area contributed by atoms with Gasteiger partial charge in [-0.25, -0.2) is 19.0 Å². The van der Waals surface area contributed by atoms with Crippen molar-refractivity contribution >= 4 is 59.3 Å². The molecule has 4 fully saturated rings. The number of carbonyl (C=O) groups excluding carboxylic acids is 6. The number of quaternary nitrogens is 5. The monoisotopic (exact) mass is 2020 g/mol. The summed E-state index contributed by atoms with van der Waals surface area (Å²) in [5.41, 5.74) is 6.82. The van der Waals surface area contributed by atoms with Gasteiger partial charge >= 0.3 is 29.8 Å². The third kappa shape index (κ3) is 36.0. The first-order chi connectivity index (χ1) is 69.8. The Bertz CT molecular complexity index is 5570. The number of esters is 5. The molecule has 0 aromatic heterocycles. The van der Waals surface area contributed by atoms with E-state index in [4.69, 9.17) is 52.1 Å². The fourth-order valence-corrected chi connectivity index (χ4v) is 18.0. The minimum atomic E-state index is -0.561. The molecule has 12 rings (SSSR count). The van der Waals surface area contributed by atoms with Crippen molar-refractivity contribution in [2.45, 2.75) is 223 Å². The summed E-state index contributed by atoms with van der Waals surface area (Å²) in [7, 11) is 12.9. The highest BCUT2D eigenvalue weighted by atomic mass is 16.6. The first-order valence-corrected chi connectivity index (χ1v) is 51.4. The van der Waals surface area contributed by atoms with Crippen molar-refractivity contribution in [2.75, 3.05) is 142 Å². The van der Waals surface area contributed by atoms with Crippen molar-refractivity contribution in [2.24, 2.45) is 31.2 Å². The number of aryl methyl sites for hydroxylation is 1. The predicted octanol–water partition coefficient (Wildman–Crippen LogP) is 16.2. The van der Waals surface area contributed by atoms with E-state index < -0.39 is 16.8 Å². The maximum absolute atomic E-state index is 13.1. The van der Waals surface area contributed by atoms with Crippen LogP contribution in [0.3, 0.4) is 0 Å². The van der Waals surface area contributed by atoms with E-state index in [2.05, 4.69) is 25.8 Å². The number of methoxy groups -OCH3 is 6. The molecule has 1 amide bonds. The summed E-state index contributed by atoms with van der Waals surface area (Å²) in [4.78, 5) is 75.8. The van der Waals surface area contributed by atoms with Gasteiger partial charge in [0.15, 0.2) is 30.5 Å². The average molecular weight is 2020 g/mol. The molecular formula is C115H159N10O21+. The molecule has 794 valence electrons. The topological polar surface area (TPSA) is 358 Å². The van der Waals surface area contributed by atoms with Crippen LogP contribution in [0.15, 0.2) is 221 Å². The number of likely N-dealkylation sites (tertiary alicyclic amines) is 4. The normalized spacial score (nSPS) is 16.6. The minimum Gasteiger partial charge on any atom is -0.854 e. The van der Waals surface area contributed by atoms with E-state index >= 15 is 0 Å². The van der Waals surface area contributed by atoms with Crippen molar-refractivity contribution in [1.29, 1.82) is 0 Å². The molecule has 5 unspecified atom stereocenters. The highest BCUT2D eigenvalue weighted by Gasteiger charge is 2.42.